The van der Waals surface area contributed by atoms with E-state index in [9.17, 15) is 4.39 Å². The minimum absolute atomic E-state index is 0.158. The van der Waals surface area contributed by atoms with E-state index < -0.39 is 0 Å². The van der Waals surface area contributed by atoms with Crippen LogP contribution in [0.15, 0.2) is 18.2 Å². The Labute approximate surface area is 101 Å². The fraction of sp³-hybridized carbons (Fsp3) is 0.538. The predicted octanol–water partition coefficient (Wildman–Crippen LogP) is 3.90. The van der Waals surface area contributed by atoms with Crippen molar-refractivity contribution in [2.24, 2.45) is 0 Å². The van der Waals surface area contributed by atoms with Crippen LogP contribution in [0.4, 0.5) is 4.39 Å². The van der Waals surface area contributed by atoms with Gasteiger partial charge in [-0.25, -0.2) is 4.39 Å². The maximum atomic E-state index is 13.5. The molecule has 1 aromatic rings. The van der Waals surface area contributed by atoms with Crippen molar-refractivity contribution in [1.29, 1.82) is 0 Å². The van der Waals surface area contributed by atoms with Crippen molar-refractivity contribution in [3.63, 3.8) is 0 Å². The zero-order chi connectivity index (χ0) is 11.6. The molecule has 0 unspecified atom stereocenters. The second-order valence-electron chi connectivity index (χ2n) is 4.82. The normalized spacial score (nSPS) is 18.9. The van der Waals surface area contributed by atoms with Crippen molar-refractivity contribution >= 4 is 11.6 Å². The van der Waals surface area contributed by atoms with Gasteiger partial charge in [0.1, 0.15) is 5.82 Å². The smallest absolute Gasteiger partial charge is 0.129 e. The predicted molar refractivity (Wildman–Crippen MR) is 65.1 cm³/mol. The Morgan fingerprint density at radius 2 is 2.06 bits per heavy atom. The Morgan fingerprint density at radius 1 is 1.38 bits per heavy atom. The van der Waals surface area contributed by atoms with Crippen molar-refractivity contribution in [3.8, 4) is 0 Å². The average molecular weight is 242 g/mol. The summed E-state index contributed by atoms with van der Waals surface area (Å²) in [6.07, 6.45) is 4.85. The topological polar surface area (TPSA) is 12.0 Å². The van der Waals surface area contributed by atoms with Gasteiger partial charge in [-0.2, -0.15) is 0 Å². The number of hydrogen-bond acceptors (Lipinski definition) is 1. The molecule has 0 amide bonds. The Morgan fingerprint density at radius 3 is 2.69 bits per heavy atom. The van der Waals surface area contributed by atoms with E-state index in [4.69, 9.17) is 11.6 Å². The molecule has 0 spiro atoms. The molecule has 2 rings (SSSR count). The molecular formula is C13H17ClFN. The van der Waals surface area contributed by atoms with E-state index in [0.29, 0.717) is 17.1 Å². The van der Waals surface area contributed by atoms with Crippen LogP contribution in [0.2, 0.25) is 5.02 Å². The molecule has 0 aliphatic heterocycles. The standard InChI is InChI=1S/C13H17ClFN/c1-13(7-2-3-8-13)16-9-10-11(14)5-4-6-12(10)15/h4-6,16H,2-3,7-9H2,1H3. The molecular weight excluding hydrogens is 225 g/mol. The maximum Gasteiger partial charge on any atom is 0.129 e. The van der Waals surface area contributed by atoms with Gasteiger partial charge in [-0.15, -0.1) is 0 Å². The van der Waals surface area contributed by atoms with Gasteiger partial charge in [0, 0.05) is 22.7 Å². The monoisotopic (exact) mass is 241 g/mol. The lowest BCUT2D eigenvalue weighted by Crippen LogP contribution is -2.39. The molecule has 1 fully saturated rings. The molecule has 1 aliphatic carbocycles. The summed E-state index contributed by atoms with van der Waals surface area (Å²) in [7, 11) is 0. The van der Waals surface area contributed by atoms with Crippen LogP contribution < -0.4 is 5.32 Å². The molecule has 1 saturated carbocycles. The molecule has 0 atom stereocenters. The summed E-state index contributed by atoms with van der Waals surface area (Å²) in [5.41, 5.74) is 0.739. The third-order valence-electron chi connectivity index (χ3n) is 3.46. The van der Waals surface area contributed by atoms with Crippen LogP contribution in [-0.4, -0.2) is 5.54 Å². The number of rotatable bonds is 3. The van der Waals surface area contributed by atoms with Crippen molar-refractivity contribution in [1.82, 2.24) is 5.32 Å². The molecule has 88 valence electrons. The summed E-state index contributed by atoms with van der Waals surface area (Å²) in [5, 5.41) is 3.94. The van der Waals surface area contributed by atoms with E-state index in [1.807, 2.05) is 0 Å². The molecule has 1 aliphatic rings. The van der Waals surface area contributed by atoms with E-state index in [2.05, 4.69) is 12.2 Å². The van der Waals surface area contributed by atoms with E-state index >= 15 is 0 Å². The average Bonchev–Trinajstić information content (AvgIpc) is 2.65. The largest absolute Gasteiger partial charge is 0.307 e. The first-order valence-corrected chi connectivity index (χ1v) is 6.16. The van der Waals surface area contributed by atoms with Gasteiger partial charge < -0.3 is 5.32 Å². The lowest BCUT2D eigenvalue weighted by molar-refractivity contribution is 0.359. The van der Waals surface area contributed by atoms with Crippen LogP contribution >= 0.6 is 11.6 Å². The fourth-order valence-electron chi connectivity index (χ4n) is 2.34. The number of benzene rings is 1. The molecule has 1 aromatic carbocycles. The van der Waals surface area contributed by atoms with Crippen LogP contribution in [0.25, 0.3) is 0 Å². The highest BCUT2D eigenvalue weighted by molar-refractivity contribution is 6.31. The van der Waals surface area contributed by atoms with Crippen LogP contribution in [0.3, 0.4) is 0 Å². The first-order chi connectivity index (χ1) is 7.61. The molecule has 3 heteroatoms. The third kappa shape index (κ3) is 2.55. The van der Waals surface area contributed by atoms with E-state index in [-0.39, 0.29) is 11.4 Å². The molecule has 0 heterocycles. The Hall–Kier alpha value is -0.600. The van der Waals surface area contributed by atoms with E-state index in [1.165, 1.54) is 31.7 Å². The summed E-state index contributed by atoms with van der Waals surface area (Å²) in [6.45, 7) is 2.72. The lowest BCUT2D eigenvalue weighted by atomic mass is 10.0. The molecule has 0 aromatic heterocycles. The van der Waals surface area contributed by atoms with E-state index in [0.717, 1.165) is 0 Å². The fourth-order valence-corrected chi connectivity index (χ4v) is 2.56. The van der Waals surface area contributed by atoms with Gasteiger partial charge in [0.2, 0.25) is 0 Å². The molecule has 0 radical (unpaired) electrons. The summed E-state index contributed by atoms with van der Waals surface area (Å²) >= 11 is 5.98. The van der Waals surface area contributed by atoms with Gasteiger partial charge in [0.25, 0.3) is 0 Å². The molecule has 1 N–H and O–H groups in total. The number of halogens is 2. The van der Waals surface area contributed by atoms with Gasteiger partial charge in [0.05, 0.1) is 0 Å². The first kappa shape index (κ1) is 11.9. The van der Waals surface area contributed by atoms with Gasteiger partial charge >= 0.3 is 0 Å². The molecule has 0 saturated heterocycles. The van der Waals surface area contributed by atoms with Crippen LogP contribution in [0.5, 0.6) is 0 Å². The van der Waals surface area contributed by atoms with Crippen molar-refractivity contribution in [2.45, 2.75) is 44.7 Å². The molecule has 16 heavy (non-hydrogen) atoms. The maximum absolute atomic E-state index is 13.5. The Kier molecular flexibility index (Phi) is 3.50. The highest BCUT2D eigenvalue weighted by atomic mass is 35.5. The molecule has 1 nitrogen and oxygen atoms in total. The second kappa shape index (κ2) is 4.72. The summed E-state index contributed by atoms with van der Waals surface area (Å²) in [6, 6.07) is 4.83. The van der Waals surface area contributed by atoms with Gasteiger partial charge in [-0.05, 0) is 31.9 Å². The third-order valence-corrected chi connectivity index (χ3v) is 3.81. The summed E-state index contributed by atoms with van der Waals surface area (Å²) in [5.74, 6) is -0.221. The van der Waals surface area contributed by atoms with Crippen LogP contribution in [0.1, 0.15) is 38.2 Å². The van der Waals surface area contributed by atoms with Crippen LogP contribution in [0, 0.1) is 5.82 Å². The lowest BCUT2D eigenvalue weighted by Gasteiger charge is -2.25. The van der Waals surface area contributed by atoms with Gasteiger partial charge in [-0.3, -0.25) is 0 Å². The quantitative estimate of drug-likeness (QED) is 0.846. The molecule has 0 bridgehead atoms. The number of hydrogen-bond donors (Lipinski definition) is 1. The SMILES string of the molecule is CC1(NCc2c(F)cccc2Cl)CCCC1. The highest BCUT2D eigenvalue weighted by Gasteiger charge is 2.28. The first-order valence-electron chi connectivity index (χ1n) is 5.79. The summed E-state index contributed by atoms with van der Waals surface area (Å²) in [4.78, 5) is 0. The van der Waals surface area contributed by atoms with Gasteiger partial charge in [0.15, 0.2) is 0 Å². The van der Waals surface area contributed by atoms with Crippen molar-refractivity contribution in [3.05, 3.63) is 34.6 Å². The van der Waals surface area contributed by atoms with E-state index in [1.54, 1.807) is 12.1 Å². The highest BCUT2D eigenvalue weighted by Crippen LogP contribution is 2.30. The zero-order valence-electron chi connectivity index (χ0n) is 9.52. The number of nitrogens with one attached hydrogen (secondary N) is 1. The second-order valence-corrected chi connectivity index (χ2v) is 5.23. The Balaban J connectivity index is 2.04. The van der Waals surface area contributed by atoms with Gasteiger partial charge in [-0.1, -0.05) is 30.5 Å². The van der Waals surface area contributed by atoms with Crippen LogP contribution in [-0.2, 0) is 6.54 Å². The van der Waals surface area contributed by atoms with Crippen molar-refractivity contribution in [2.75, 3.05) is 0 Å². The zero-order valence-corrected chi connectivity index (χ0v) is 10.3. The minimum Gasteiger partial charge on any atom is -0.307 e. The Bertz CT molecular complexity index is 352. The minimum atomic E-state index is -0.221. The van der Waals surface area contributed by atoms with Crippen molar-refractivity contribution < 1.29 is 4.39 Å². The summed E-state index contributed by atoms with van der Waals surface area (Å²) < 4.78 is 13.5.